The van der Waals surface area contributed by atoms with Crippen LogP contribution in [0.25, 0.3) is 11.3 Å². The summed E-state index contributed by atoms with van der Waals surface area (Å²) in [7, 11) is 1.60. The summed E-state index contributed by atoms with van der Waals surface area (Å²) in [4.78, 5) is 37.2. The Hall–Kier alpha value is -2.71. The van der Waals surface area contributed by atoms with E-state index in [4.69, 9.17) is 16.3 Å². The van der Waals surface area contributed by atoms with Crippen molar-refractivity contribution in [2.45, 2.75) is 58.7 Å². The van der Waals surface area contributed by atoms with Crippen LogP contribution in [-0.4, -0.2) is 58.5 Å². The summed E-state index contributed by atoms with van der Waals surface area (Å²) >= 11 is 6.46. The zero-order valence-corrected chi connectivity index (χ0v) is 21.1. The molecule has 0 aliphatic carbocycles. The van der Waals surface area contributed by atoms with Crippen LogP contribution in [0.3, 0.4) is 0 Å². The first-order valence-corrected chi connectivity index (χ1v) is 12.0. The van der Waals surface area contributed by atoms with Crippen LogP contribution in [0.1, 0.15) is 56.5 Å². The number of nitrogens with zero attached hydrogens (tertiary/aromatic N) is 3. The number of amides is 2. The normalized spacial score (nSPS) is 18.4. The number of ether oxygens (including phenoxy) is 1. The lowest BCUT2D eigenvalue weighted by Crippen LogP contribution is -2.63. The second-order valence-corrected chi connectivity index (χ2v) is 10.5. The van der Waals surface area contributed by atoms with Gasteiger partial charge in [0, 0.05) is 44.0 Å². The van der Waals surface area contributed by atoms with E-state index in [0.717, 1.165) is 24.0 Å². The Morgan fingerprint density at radius 3 is 2.56 bits per heavy atom. The van der Waals surface area contributed by atoms with Gasteiger partial charge in [0.05, 0.1) is 16.9 Å². The van der Waals surface area contributed by atoms with E-state index in [1.807, 2.05) is 45.9 Å². The summed E-state index contributed by atoms with van der Waals surface area (Å²) < 4.78 is 5.41. The lowest BCUT2D eigenvalue weighted by molar-refractivity contribution is -0.137. The third-order valence-corrected chi connectivity index (χ3v) is 7.43. The van der Waals surface area contributed by atoms with E-state index in [2.05, 4.69) is 20.6 Å². The van der Waals surface area contributed by atoms with E-state index >= 15 is 0 Å². The van der Waals surface area contributed by atoms with Crippen LogP contribution in [0, 0.1) is 5.41 Å². The summed E-state index contributed by atoms with van der Waals surface area (Å²) in [6, 6.07) is 5.89. The number of hydrogen-bond acceptors (Lipinski definition) is 6. The first-order valence-electron chi connectivity index (χ1n) is 11.6. The number of aromatic nitrogens is 2. The molecule has 1 aromatic heterocycles. The van der Waals surface area contributed by atoms with Gasteiger partial charge in [0.15, 0.2) is 0 Å². The number of anilines is 1. The van der Waals surface area contributed by atoms with Crippen molar-refractivity contribution < 1.29 is 14.3 Å². The number of halogens is 1. The number of likely N-dealkylation sites (N-methyl/N-ethyl adjacent to an activating group) is 1. The number of carbonyl (C=O) groups is 2. The molecule has 2 aliphatic heterocycles. The Bertz CT molecular complexity index is 1110. The fourth-order valence-corrected chi connectivity index (χ4v) is 4.78. The molecule has 9 heteroatoms. The smallest absolute Gasteiger partial charge is 0.255 e. The number of nitrogens with one attached hydrogen (secondary N) is 2. The van der Waals surface area contributed by atoms with Crippen molar-refractivity contribution in [2.75, 3.05) is 25.6 Å². The second kappa shape index (κ2) is 9.15. The molecule has 2 amide bonds. The Morgan fingerprint density at radius 2 is 1.91 bits per heavy atom. The molecule has 2 N–H and O–H groups in total. The predicted molar refractivity (Wildman–Crippen MR) is 132 cm³/mol. The van der Waals surface area contributed by atoms with Gasteiger partial charge in [-0.2, -0.15) is 0 Å². The van der Waals surface area contributed by atoms with Crippen LogP contribution in [-0.2, 0) is 16.1 Å². The topological polar surface area (TPSA) is 96.5 Å². The molecule has 1 atom stereocenters. The standard InChI is InChI=1S/C25H32ClN5O3/c1-24(2,3)25(4,22(33)27-5)31-14-16-7-6-15(12-18(16)21(31)32)20-19(26)13-28-23(30-20)29-17-8-10-34-11-9-17/h6-7,12-13,17H,8-11,14H2,1-5H3,(H,27,33)(H,28,29,30). The number of hydrogen-bond donors (Lipinski definition) is 2. The highest BCUT2D eigenvalue weighted by molar-refractivity contribution is 6.33. The van der Waals surface area contributed by atoms with Gasteiger partial charge < -0.3 is 20.3 Å². The van der Waals surface area contributed by atoms with Gasteiger partial charge in [-0.1, -0.05) is 44.5 Å². The van der Waals surface area contributed by atoms with Gasteiger partial charge in [-0.15, -0.1) is 0 Å². The van der Waals surface area contributed by atoms with Crippen LogP contribution in [0.5, 0.6) is 0 Å². The van der Waals surface area contributed by atoms with E-state index in [1.54, 1.807) is 18.1 Å². The van der Waals surface area contributed by atoms with Crippen LogP contribution < -0.4 is 10.6 Å². The zero-order chi connectivity index (χ0) is 24.7. The largest absolute Gasteiger partial charge is 0.381 e. The third kappa shape index (κ3) is 4.25. The highest BCUT2D eigenvalue weighted by Gasteiger charge is 2.52. The van der Waals surface area contributed by atoms with Gasteiger partial charge in [0.25, 0.3) is 5.91 Å². The number of rotatable bonds is 5. The van der Waals surface area contributed by atoms with Crippen molar-refractivity contribution in [3.05, 3.63) is 40.5 Å². The molecule has 2 aliphatic rings. The molecule has 182 valence electrons. The molecule has 0 spiro atoms. The zero-order valence-electron chi connectivity index (χ0n) is 20.4. The van der Waals surface area contributed by atoms with Crippen molar-refractivity contribution in [3.63, 3.8) is 0 Å². The van der Waals surface area contributed by atoms with E-state index < -0.39 is 11.0 Å². The monoisotopic (exact) mass is 485 g/mol. The van der Waals surface area contributed by atoms with Crippen LogP contribution in [0.4, 0.5) is 5.95 Å². The molecule has 2 aromatic rings. The molecule has 1 unspecified atom stereocenters. The highest BCUT2D eigenvalue weighted by Crippen LogP contribution is 2.41. The molecule has 4 rings (SSSR count). The SMILES string of the molecule is CNC(=O)C(C)(N1Cc2ccc(-c3nc(NC4CCOCC4)ncc3Cl)cc2C1=O)C(C)(C)C. The average Bonchev–Trinajstić information content (AvgIpc) is 3.15. The Morgan fingerprint density at radius 1 is 1.21 bits per heavy atom. The predicted octanol–water partition coefficient (Wildman–Crippen LogP) is 3.89. The van der Waals surface area contributed by atoms with Crippen molar-refractivity contribution in [1.82, 2.24) is 20.2 Å². The quantitative estimate of drug-likeness (QED) is 0.666. The first kappa shape index (κ1) is 24.4. The molecular formula is C25H32ClN5O3. The van der Waals surface area contributed by atoms with Crippen LogP contribution in [0.2, 0.25) is 5.02 Å². The fraction of sp³-hybridized carbons (Fsp3) is 0.520. The molecule has 1 saturated heterocycles. The second-order valence-electron chi connectivity index (χ2n) is 10.1. The molecule has 3 heterocycles. The van der Waals surface area contributed by atoms with E-state index in [1.165, 1.54) is 0 Å². The number of benzene rings is 1. The molecule has 0 radical (unpaired) electrons. The molecular weight excluding hydrogens is 454 g/mol. The lowest BCUT2D eigenvalue weighted by Gasteiger charge is -2.46. The molecule has 0 saturated carbocycles. The van der Waals surface area contributed by atoms with E-state index in [-0.39, 0.29) is 17.9 Å². The Labute approximate surface area is 205 Å². The lowest BCUT2D eigenvalue weighted by atomic mass is 9.73. The summed E-state index contributed by atoms with van der Waals surface area (Å²) in [5.41, 5.74) is 1.22. The van der Waals surface area contributed by atoms with Crippen LogP contribution in [0.15, 0.2) is 24.4 Å². The maximum absolute atomic E-state index is 13.6. The highest BCUT2D eigenvalue weighted by atomic mass is 35.5. The number of carbonyl (C=O) groups excluding carboxylic acids is 2. The molecule has 0 bridgehead atoms. The average molecular weight is 486 g/mol. The van der Waals surface area contributed by atoms with Crippen molar-refractivity contribution in [2.24, 2.45) is 5.41 Å². The van der Waals surface area contributed by atoms with Gasteiger partial charge in [-0.25, -0.2) is 9.97 Å². The fourth-order valence-electron chi connectivity index (χ4n) is 4.58. The van der Waals surface area contributed by atoms with Crippen molar-refractivity contribution in [3.8, 4) is 11.3 Å². The summed E-state index contributed by atoms with van der Waals surface area (Å²) in [6.45, 7) is 9.53. The van der Waals surface area contributed by atoms with E-state index in [9.17, 15) is 9.59 Å². The summed E-state index contributed by atoms with van der Waals surface area (Å²) in [5, 5.41) is 6.51. The molecule has 8 nitrogen and oxygen atoms in total. The summed E-state index contributed by atoms with van der Waals surface area (Å²) in [5.74, 6) is 0.132. The minimum Gasteiger partial charge on any atom is -0.381 e. The van der Waals surface area contributed by atoms with Gasteiger partial charge in [-0.05, 0) is 36.8 Å². The first-order chi connectivity index (χ1) is 16.1. The summed E-state index contributed by atoms with van der Waals surface area (Å²) in [6.07, 6.45) is 3.36. The Balaban J connectivity index is 1.65. The minimum atomic E-state index is -1.02. The van der Waals surface area contributed by atoms with Gasteiger partial charge in [0.1, 0.15) is 5.54 Å². The maximum Gasteiger partial charge on any atom is 0.255 e. The van der Waals surface area contributed by atoms with Gasteiger partial charge >= 0.3 is 0 Å². The van der Waals surface area contributed by atoms with E-state index in [0.29, 0.717) is 42.0 Å². The van der Waals surface area contributed by atoms with Crippen molar-refractivity contribution >= 4 is 29.4 Å². The van der Waals surface area contributed by atoms with Crippen LogP contribution >= 0.6 is 11.6 Å². The van der Waals surface area contributed by atoms with Gasteiger partial charge in [-0.3, -0.25) is 9.59 Å². The number of fused-ring (bicyclic) bond motifs is 1. The maximum atomic E-state index is 13.6. The molecule has 34 heavy (non-hydrogen) atoms. The van der Waals surface area contributed by atoms with Crippen molar-refractivity contribution in [1.29, 1.82) is 0 Å². The Kier molecular flexibility index (Phi) is 6.57. The minimum absolute atomic E-state index is 0.177. The van der Waals surface area contributed by atoms with Gasteiger partial charge in [0.2, 0.25) is 11.9 Å². The third-order valence-electron chi connectivity index (χ3n) is 7.16. The molecule has 1 aromatic carbocycles. The molecule has 1 fully saturated rings.